The molecule has 0 radical (unpaired) electrons. The maximum atomic E-state index is 11.7. The van der Waals surface area contributed by atoms with Gasteiger partial charge in [-0.1, -0.05) is 38.5 Å². The van der Waals surface area contributed by atoms with E-state index < -0.39 is 11.4 Å². The number of hydrogen-bond donors (Lipinski definition) is 1. The highest BCUT2D eigenvalue weighted by Gasteiger charge is 2.48. The molecule has 3 aliphatic rings. The van der Waals surface area contributed by atoms with Gasteiger partial charge in [0.2, 0.25) is 0 Å². The molecule has 1 aliphatic heterocycles. The lowest BCUT2D eigenvalue weighted by Crippen LogP contribution is -2.60. The van der Waals surface area contributed by atoms with Crippen molar-refractivity contribution >= 4 is 5.97 Å². The first kappa shape index (κ1) is 13.4. The van der Waals surface area contributed by atoms with E-state index in [4.69, 9.17) is 0 Å². The number of rotatable bonds is 3. The molecular weight excluding hydrogens is 238 g/mol. The van der Waals surface area contributed by atoms with E-state index in [-0.39, 0.29) is 0 Å². The van der Waals surface area contributed by atoms with Gasteiger partial charge in [0.1, 0.15) is 0 Å². The van der Waals surface area contributed by atoms with Crippen molar-refractivity contribution in [1.82, 2.24) is 4.90 Å². The number of carboxylic acids is 1. The SMILES string of the molecule is O=C(O)C1(CN2CC3(CCCCC3)C2)CCCCC1. The summed E-state index contributed by atoms with van der Waals surface area (Å²) in [6.07, 6.45) is 12.1. The fourth-order valence-electron chi connectivity index (χ4n) is 4.73. The molecule has 0 aromatic carbocycles. The molecule has 1 heterocycles. The highest BCUT2D eigenvalue weighted by atomic mass is 16.4. The lowest BCUT2D eigenvalue weighted by atomic mass is 9.66. The van der Waals surface area contributed by atoms with Gasteiger partial charge in [0.15, 0.2) is 0 Å². The summed E-state index contributed by atoms with van der Waals surface area (Å²) < 4.78 is 0. The Balaban J connectivity index is 1.57. The average Bonchev–Trinajstić information content (AvgIpc) is 2.39. The number of carboxylic acid groups (broad SMARTS) is 1. The zero-order valence-corrected chi connectivity index (χ0v) is 12.0. The summed E-state index contributed by atoms with van der Waals surface area (Å²) >= 11 is 0. The van der Waals surface area contributed by atoms with E-state index in [9.17, 15) is 9.90 Å². The van der Waals surface area contributed by atoms with E-state index >= 15 is 0 Å². The van der Waals surface area contributed by atoms with Crippen LogP contribution in [0.25, 0.3) is 0 Å². The summed E-state index contributed by atoms with van der Waals surface area (Å²) in [5.74, 6) is -0.545. The topological polar surface area (TPSA) is 40.5 Å². The molecule has 0 amide bonds. The first-order valence-electron chi connectivity index (χ1n) is 8.10. The largest absolute Gasteiger partial charge is 0.481 e. The molecule has 3 fully saturated rings. The lowest BCUT2D eigenvalue weighted by Gasteiger charge is -2.55. The van der Waals surface area contributed by atoms with Crippen molar-refractivity contribution in [1.29, 1.82) is 0 Å². The molecule has 0 bridgehead atoms. The smallest absolute Gasteiger partial charge is 0.310 e. The van der Waals surface area contributed by atoms with Crippen LogP contribution in [0.15, 0.2) is 0 Å². The van der Waals surface area contributed by atoms with Crippen LogP contribution in [0.1, 0.15) is 64.2 Å². The van der Waals surface area contributed by atoms with Gasteiger partial charge in [-0.05, 0) is 31.1 Å². The van der Waals surface area contributed by atoms with Crippen molar-refractivity contribution in [2.24, 2.45) is 10.8 Å². The normalized spacial score (nSPS) is 29.9. The Bertz CT molecular complexity index is 333. The molecule has 1 spiro atoms. The Labute approximate surface area is 116 Å². The summed E-state index contributed by atoms with van der Waals surface area (Å²) in [6, 6.07) is 0. The summed E-state index contributed by atoms with van der Waals surface area (Å²) in [5, 5.41) is 9.63. The monoisotopic (exact) mass is 265 g/mol. The number of likely N-dealkylation sites (tertiary alicyclic amines) is 1. The van der Waals surface area contributed by atoms with Gasteiger partial charge in [0, 0.05) is 19.6 Å². The van der Waals surface area contributed by atoms with Gasteiger partial charge in [-0.3, -0.25) is 4.79 Å². The first-order valence-corrected chi connectivity index (χ1v) is 8.10. The van der Waals surface area contributed by atoms with Crippen LogP contribution in [0.4, 0.5) is 0 Å². The number of nitrogens with zero attached hydrogens (tertiary/aromatic N) is 1. The van der Waals surface area contributed by atoms with Crippen LogP contribution in [-0.4, -0.2) is 35.6 Å². The van der Waals surface area contributed by atoms with Gasteiger partial charge in [-0.25, -0.2) is 0 Å². The molecule has 2 aliphatic carbocycles. The Hall–Kier alpha value is -0.570. The number of aliphatic carboxylic acids is 1. The standard InChI is InChI=1S/C16H27NO2/c18-14(19)16(9-5-2-6-10-16)13-17-11-15(12-17)7-3-1-4-8-15/h1-13H2,(H,18,19). The predicted octanol–water partition coefficient (Wildman–Crippen LogP) is 3.29. The molecule has 2 saturated carbocycles. The summed E-state index contributed by atoms with van der Waals surface area (Å²) in [5.41, 5.74) is 0.154. The molecule has 0 aromatic rings. The predicted molar refractivity (Wildman–Crippen MR) is 75.1 cm³/mol. The summed E-state index contributed by atoms with van der Waals surface area (Å²) in [6.45, 7) is 3.15. The molecule has 0 unspecified atom stereocenters. The molecule has 3 rings (SSSR count). The molecule has 3 nitrogen and oxygen atoms in total. The lowest BCUT2D eigenvalue weighted by molar-refractivity contribution is -0.156. The molecule has 19 heavy (non-hydrogen) atoms. The average molecular weight is 265 g/mol. The van der Waals surface area contributed by atoms with Gasteiger partial charge < -0.3 is 10.0 Å². The number of carbonyl (C=O) groups is 1. The second-order valence-corrected chi connectivity index (χ2v) is 7.35. The third-order valence-electron chi connectivity index (χ3n) is 5.82. The fraction of sp³-hybridized carbons (Fsp3) is 0.938. The minimum Gasteiger partial charge on any atom is -0.481 e. The maximum absolute atomic E-state index is 11.7. The van der Waals surface area contributed by atoms with Crippen LogP contribution in [-0.2, 0) is 4.79 Å². The van der Waals surface area contributed by atoms with E-state index in [1.165, 1.54) is 51.6 Å². The molecule has 0 aromatic heterocycles. The van der Waals surface area contributed by atoms with Crippen molar-refractivity contribution in [3.8, 4) is 0 Å². The third-order valence-corrected chi connectivity index (χ3v) is 5.82. The van der Waals surface area contributed by atoms with Crippen LogP contribution >= 0.6 is 0 Å². The van der Waals surface area contributed by atoms with Crippen LogP contribution in [0.3, 0.4) is 0 Å². The Kier molecular flexibility index (Phi) is 3.59. The molecule has 3 heteroatoms. The van der Waals surface area contributed by atoms with Crippen LogP contribution in [0.2, 0.25) is 0 Å². The van der Waals surface area contributed by atoms with Crippen molar-refractivity contribution in [3.05, 3.63) is 0 Å². The molecular formula is C16H27NO2. The second kappa shape index (κ2) is 5.08. The fourth-order valence-corrected chi connectivity index (χ4v) is 4.73. The van der Waals surface area contributed by atoms with E-state index in [0.717, 1.165) is 32.2 Å². The maximum Gasteiger partial charge on any atom is 0.310 e. The van der Waals surface area contributed by atoms with Gasteiger partial charge in [-0.15, -0.1) is 0 Å². The van der Waals surface area contributed by atoms with Gasteiger partial charge in [-0.2, -0.15) is 0 Å². The van der Waals surface area contributed by atoms with Crippen LogP contribution < -0.4 is 0 Å². The number of hydrogen-bond acceptors (Lipinski definition) is 2. The van der Waals surface area contributed by atoms with E-state index in [1.54, 1.807) is 0 Å². The molecule has 0 atom stereocenters. The van der Waals surface area contributed by atoms with Crippen LogP contribution in [0, 0.1) is 10.8 Å². The molecule has 108 valence electrons. The van der Waals surface area contributed by atoms with E-state index in [1.807, 2.05) is 0 Å². The second-order valence-electron chi connectivity index (χ2n) is 7.35. The van der Waals surface area contributed by atoms with Crippen molar-refractivity contribution in [3.63, 3.8) is 0 Å². The minimum absolute atomic E-state index is 0.422. The zero-order chi connectivity index (χ0) is 13.3. The highest BCUT2D eigenvalue weighted by molar-refractivity contribution is 5.75. The Morgan fingerprint density at radius 3 is 1.95 bits per heavy atom. The minimum atomic E-state index is -0.545. The molecule has 1 N–H and O–H groups in total. The van der Waals surface area contributed by atoms with Gasteiger partial charge in [0.25, 0.3) is 0 Å². The van der Waals surface area contributed by atoms with Gasteiger partial charge in [0.05, 0.1) is 5.41 Å². The Morgan fingerprint density at radius 1 is 0.895 bits per heavy atom. The summed E-state index contributed by atoms with van der Waals surface area (Å²) in [4.78, 5) is 14.1. The van der Waals surface area contributed by atoms with Crippen LogP contribution in [0.5, 0.6) is 0 Å². The highest BCUT2D eigenvalue weighted by Crippen LogP contribution is 2.46. The van der Waals surface area contributed by atoms with Crippen molar-refractivity contribution in [2.75, 3.05) is 19.6 Å². The van der Waals surface area contributed by atoms with E-state index in [2.05, 4.69) is 4.90 Å². The quantitative estimate of drug-likeness (QED) is 0.851. The van der Waals surface area contributed by atoms with Crippen molar-refractivity contribution in [2.45, 2.75) is 64.2 Å². The first-order chi connectivity index (χ1) is 9.14. The third kappa shape index (κ3) is 2.54. The summed E-state index contributed by atoms with van der Waals surface area (Å²) in [7, 11) is 0. The van der Waals surface area contributed by atoms with Crippen molar-refractivity contribution < 1.29 is 9.90 Å². The molecule has 1 saturated heterocycles. The van der Waals surface area contributed by atoms with Gasteiger partial charge >= 0.3 is 5.97 Å². The van der Waals surface area contributed by atoms with E-state index in [0.29, 0.717) is 5.41 Å². The zero-order valence-electron chi connectivity index (χ0n) is 12.0. The Morgan fingerprint density at radius 2 is 1.42 bits per heavy atom.